The average Bonchev–Trinajstić information content (AvgIpc) is 2.82. The summed E-state index contributed by atoms with van der Waals surface area (Å²) in [5, 5.41) is 12.2. The van der Waals surface area contributed by atoms with Gasteiger partial charge in [-0.1, -0.05) is 42.5 Å². The molecule has 5 nitrogen and oxygen atoms in total. The molecule has 0 aliphatic carbocycles. The monoisotopic (exact) mass is 444 g/mol. The largest absolute Gasteiger partial charge is 0.492 e. The smallest absolute Gasteiger partial charge is 0.187 e. The molecule has 0 heterocycles. The molecule has 2 N–H and O–H groups in total. The Morgan fingerprint density at radius 2 is 1.82 bits per heavy atom. The fourth-order valence-electron chi connectivity index (χ4n) is 3.51. The second kappa shape index (κ2) is 12.0. The first-order chi connectivity index (χ1) is 16.0. The molecule has 0 atom stereocenters. The highest BCUT2D eigenvalue weighted by Crippen LogP contribution is 2.30. The van der Waals surface area contributed by atoms with Gasteiger partial charge in [-0.25, -0.2) is 0 Å². The molecule has 3 rings (SSSR count). The number of hydrogen-bond acceptors (Lipinski definition) is 5. The molecular weight excluding hydrogens is 412 g/mol. The minimum absolute atomic E-state index is 0.00228. The van der Waals surface area contributed by atoms with Gasteiger partial charge in [-0.05, 0) is 74.1 Å². The SMILES string of the molecule is Cc1ccccc1-c1ccc(OCCN(C)C)c(C=CC(=O)c2ccccc2NCCO)c1. The predicted octanol–water partition coefficient (Wildman–Crippen LogP) is 4.90. The maximum atomic E-state index is 13.0. The van der Waals surface area contributed by atoms with Crippen molar-refractivity contribution in [2.75, 3.05) is 45.7 Å². The molecule has 0 bridgehead atoms. The lowest BCUT2D eigenvalue weighted by Gasteiger charge is -2.14. The molecule has 0 aliphatic heterocycles. The normalized spacial score (nSPS) is 11.2. The van der Waals surface area contributed by atoms with Crippen LogP contribution in [-0.2, 0) is 0 Å². The maximum Gasteiger partial charge on any atom is 0.187 e. The van der Waals surface area contributed by atoms with Crippen LogP contribution < -0.4 is 10.1 Å². The van der Waals surface area contributed by atoms with E-state index in [9.17, 15) is 4.79 Å². The van der Waals surface area contributed by atoms with Crippen LogP contribution in [0, 0.1) is 6.92 Å². The number of para-hydroxylation sites is 1. The van der Waals surface area contributed by atoms with Gasteiger partial charge in [0.2, 0.25) is 0 Å². The number of ketones is 1. The summed E-state index contributed by atoms with van der Waals surface area (Å²) in [7, 11) is 4.01. The molecule has 0 unspecified atom stereocenters. The van der Waals surface area contributed by atoms with E-state index in [-0.39, 0.29) is 12.4 Å². The van der Waals surface area contributed by atoms with Crippen molar-refractivity contribution in [3.63, 3.8) is 0 Å². The summed E-state index contributed by atoms with van der Waals surface area (Å²) >= 11 is 0. The van der Waals surface area contributed by atoms with Crippen LogP contribution >= 0.6 is 0 Å². The molecule has 5 heteroatoms. The number of ether oxygens (including phenoxy) is 1. The fourth-order valence-corrected chi connectivity index (χ4v) is 3.51. The molecule has 33 heavy (non-hydrogen) atoms. The van der Waals surface area contributed by atoms with Crippen LogP contribution in [-0.4, -0.2) is 56.2 Å². The van der Waals surface area contributed by atoms with E-state index in [2.05, 4.69) is 41.4 Å². The van der Waals surface area contributed by atoms with Gasteiger partial charge in [-0.3, -0.25) is 4.79 Å². The summed E-state index contributed by atoms with van der Waals surface area (Å²) in [6.45, 7) is 3.82. The van der Waals surface area contributed by atoms with E-state index in [1.807, 2.05) is 56.6 Å². The van der Waals surface area contributed by atoms with Crippen LogP contribution in [0.2, 0.25) is 0 Å². The average molecular weight is 445 g/mol. The van der Waals surface area contributed by atoms with Crippen molar-refractivity contribution in [1.29, 1.82) is 0 Å². The highest BCUT2D eigenvalue weighted by atomic mass is 16.5. The quantitative estimate of drug-likeness (QED) is 0.325. The highest BCUT2D eigenvalue weighted by molar-refractivity contribution is 6.10. The Morgan fingerprint density at radius 3 is 2.58 bits per heavy atom. The van der Waals surface area contributed by atoms with Gasteiger partial charge in [-0.15, -0.1) is 0 Å². The number of allylic oxidation sites excluding steroid dienone is 1. The Kier molecular flexibility index (Phi) is 8.81. The van der Waals surface area contributed by atoms with Crippen LogP contribution in [0.15, 0.2) is 72.8 Å². The number of aliphatic hydroxyl groups excluding tert-OH is 1. The van der Waals surface area contributed by atoms with Crippen molar-refractivity contribution in [2.24, 2.45) is 0 Å². The number of anilines is 1. The van der Waals surface area contributed by atoms with Crippen molar-refractivity contribution in [3.05, 3.63) is 89.5 Å². The summed E-state index contributed by atoms with van der Waals surface area (Å²) in [6.07, 6.45) is 3.40. The van der Waals surface area contributed by atoms with E-state index in [4.69, 9.17) is 9.84 Å². The molecule has 0 aromatic heterocycles. The van der Waals surface area contributed by atoms with E-state index in [1.165, 1.54) is 5.56 Å². The third-order valence-corrected chi connectivity index (χ3v) is 5.30. The van der Waals surface area contributed by atoms with Crippen molar-refractivity contribution < 1.29 is 14.6 Å². The number of carbonyl (C=O) groups excluding carboxylic acids is 1. The van der Waals surface area contributed by atoms with E-state index >= 15 is 0 Å². The van der Waals surface area contributed by atoms with Crippen molar-refractivity contribution in [1.82, 2.24) is 4.90 Å². The van der Waals surface area contributed by atoms with Gasteiger partial charge >= 0.3 is 0 Å². The van der Waals surface area contributed by atoms with Gasteiger partial charge in [0.25, 0.3) is 0 Å². The summed E-state index contributed by atoms with van der Waals surface area (Å²) in [4.78, 5) is 15.1. The van der Waals surface area contributed by atoms with Crippen LogP contribution in [0.1, 0.15) is 21.5 Å². The van der Waals surface area contributed by atoms with Crippen LogP contribution in [0.25, 0.3) is 17.2 Å². The predicted molar refractivity (Wildman–Crippen MR) is 136 cm³/mol. The second-order valence-corrected chi connectivity index (χ2v) is 8.11. The van der Waals surface area contributed by atoms with Gasteiger partial charge in [0, 0.05) is 29.9 Å². The Balaban J connectivity index is 1.92. The van der Waals surface area contributed by atoms with Gasteiger partial charge in [0.15, 0.2) is 5.78 Å². The first-order valence-electron chi connectivity index (χ1n) is 11.1. The number of likely N-dealkylation sites (N-methyl/N-ethyl adjacent to an activating group) is 1. The summed E-state index contributed by atoms with van der Waals surface area (Å²) in [5.41, 5.74) is 5.53. The van der Waals surface area contributed by atoms with Crippen LogP contribution in [0.5, 0.6) is 5.75 Å². The van der Waals surface area contributed by atoms with E-state index < -0.39 is 0 Å². The zero-order chi connectivity index (χ0) is 23.6. The number of nitrogens with zero attached hydrogens (tertiary/aromatic N) is 1. The molecule has 3 aromatic rings. The molecule has 0 amide bonds. The zero-order valence-corrected chi connectivity index (χ0v) is 19.5. The number of hydrogen-bond donors (Lipinski definition) is 2. The molecule has 0 radical (unpaired) electrons. The van der Waals surface area contributed by atoms with Crippen molar-refractivity contribution >= 4 is 17.5 Å². The lowest BCUT2D eigenvalue weighted by Crippen LogP contribution is -2.19. The van der Waals surface area contributed by atoms with Gasteiger partial charge in [-0.2, -0.15) is 0 Å². The standard InChI is InChI=1S/C28H32N2O3/c1-21-8-4-5-9-24(21)22-13-15-28(33-19-17-30(2)3)23(20-22)12-14-27(32)25-10-6-7-11-26(25)29-16-18-31/h4-15,20,29,31H,16-19H2,1-3H3. The number of aliphatic hydroxyl groups is 1. The maximum absolute atomic E-state index is 13.0. The van der Waals surface area contributed by atoms with Crippen LogP contribution in [0.4, 0.5) is 5.69 Å². The molecule has 0 spiro atoms. The summed E-state index contributed by atoms with van der Waals surface area (Å²) in [6, 6.07) is 21.6. The minimum Gasteiger partial charge on any atom is -0.492 e. The van der Waals surface area contributed by atoms with Crippen LogP contribution in [0.3, 0.4) is 0 Å². The molecule has 0 aliphatic rings. The molecule has 0 saturated heterocycles. The van der Waals surface area contributed by atoms with E-state index in [1.54, 1.807) is 12.1 Å². The topological polar surface area (TPSA) is 61.8 Å². The fraction of sp³-hybridized carbons (Fsp3) is 0.250. The third kappa shape index (κ3) is 6.78. The molecule has 0 saturated carbocycles. The molecule has 0 fully saturated rings. The Bertz CT molecular complexity index is 1110. The van der Waals surface area contributed by atoms with Gasteiger partial charge in [0.05, 0.1) is 6.61 Å². The minimum atomic E-state index is -0.114. The Hall–Kier alpha value is -3.41. The second-order valence-electron chi connectivity index (χ2n) is 8.11. The number of carbonyl (C=O) groups is 1. The lowest BCUT2D eigenvalue weighted by molar-refractivity contribution is 0.104. The van der Waals surface area contributed by atoms with Gasteiger partial charge < -0.3 is 20.1 Å². The number of benzene rings is 3. The molecule has 3 aromatic carbocycles. The molecule has 172 valence electrons. The molecular formula is C28H32N2O3. The van der Waals surface area contributed by atoms with Crippen molar-refractivity contribution in [2.45, 2.75) is 6.92 Å². The highest BCUT2D eigenvalue weighted by Gasteiger charge is 2.10. The lowest BCUT2D eigenvalue weighted by atomic mass is 9.98. The summed E-state index contributed by atoms with van der Waals surface area (Å²) in [5.74, 6) is 0.626. The Morgan fingerprint density at radius 1 is 1.06 bits per heavy atom. The first kappa shape index (κ1) is 24.2. The zero-order valence-electron chi connectivity index (χ0n) is 19.5. The Labute approximate surface area is 196 Å². The third-order valence-electron chi connectivity index (χ3n) is 5.30. The van der Waals surface area contributed by atoms with E-state index in [0.717, 1.165) is 29.0 Å². The summed E-state index contributed by atoms with van der Waals surface area (Å²) < 4.78 is 6.04. The number of rotatable bonds is 11. The van der Waals surface area contributed by atoms with Gasteiger partial charge in [0.1, 0.15) is 12.4 Å². The first-order valence-corrected chi connectivity index (χ1v) is 11.1. The number of nitrogens with one attached hydrogen (secondary N) is 1. The van der Waals surface area contributed by atoms with Crippen molar-refractivity contribution in [3.8, 4) is 16.9 Å². The number of aryl methyl sites for hydroxylation is 1. The van der Waals surface area contributed by atoms with E-state index in [0.29, 0.717) is 24.4 Å².